The summed E-state index contributed by atoms with van der Waals surface area (Å²) in [6.07, 6.45) is 8.67. The number of nitrogens with one attached hydrogen (secondary N) is 2. The zero-order valence-electron chi connectivity index (χ0n) is 17.6. The van der Waals surface area contributed by atoms with Crippen LogP contribution in [0.1, 0.15) is 31.4 Å². The molecule has 6 heteroatoms. The fourth-order valence-corrected chi connectivity index (χ4v) is 5.68. The van der Waals surface area contributed by atoms with Crippen LogP contribution in [0, 0.1) is 25.2 Å². The molecule has 4 rings (SSSR count). The van der Waals surface area contributed by atoms with E-state index in [9.17, 15) is 14.4 Å². The number of aryl methyl sites for hydroxylation is 2. The molecule has 0 saturated carbocycles. The molecule has 1 aliphatic heterocycles. The first-order valence-electron chi connectivity index (χ1n) is 10.2. The maximum Gasteiger partial charge on any atom is 0.292 e. The van der Waals surface area contributed by atoms with Gasteiger partial charge in [-0.15, -0.1) is 11.8 Å². The Labute approximate surface area is 181 Å². The topological polar surface area (TPSA) is 75.3 Å². The van der Waals surface area contributed by atoms with Gasteiger partial charge in [-0.05, 0) is 37.3 Å². The van der Waals surface area contributed by atoms with Gasteiger partial charge in [0.05, 0.1) is 22.1 Å². The van der Waals surface area contributed by atoms with Crippen molar-refractivity contribution in [1.82, 2.24) is 5.32 Å². The lowest BCUT2D eigenvalue weighted by atomic mass is 9.67. The summed E-state index contributed by atoms with van der Waals surface area (Å²) in [4.78, 5) is 39.9. The molecule has 3 aliphatic rings. The number of benzene rings is 1. The summed E-state index contributed by atoms with van der Waals surface area (Å²) in [5, 5.41) is 6.29. The van der Waals surface area contributed by atoms with Gasteiger partial charge >= 0.3 is 0 Å². The van der Waals surface area contributed by atoms with Crippen molar-refractivity contribution in [1.29, 1.82) is 0 Å². The summed E-state index contributed by atoms with van der Waals surface area (Å²) in [7, 11) is 0. The molecule has 2 N–H and O–H groups in total. The summed E-state index contributed by atoms with van der Waals surface area (Å²) in [6.45, 7) is 7.62. The third-order valence-electron chi connectivity index (χ3n) is 5.97. The summed E-state index contributed by atoms with van der Waals surface area (Å²) >= 11 is 1.49. The highest BCUT2D eigenvalue weighted by molar-refractivity contribution is 8.04. The Bertz CT molecular complexity index is 1030. The molecule has 1 amide bonds. The van der Waals surface area contributed by atoms with Crippen LogP contribution >= 0.6 is 11.8 Å². The minimum atomic E-state index is -0.990. The Morgan fingerprint density at radius 3 is 2.63 bits per heavy atom. The summed E-state index contributed by atoms with van der Waals surface area (Å²) in [5.74, 6) is -2.64. The van der Waals surface area contributed by atoms with Crippen LogP contribution in [0.25, 0.3) is 0 Å². The van der Waals surface area contributed by atoms with E-state index in [1.165, 1.54) is 11.8 Å². The number of allylic oxidation sites excluding steroid dienone is 4. The molecule has 0 radical (unpaired) electrons. The van der Waals surface area contributed by atoms with Crippen molar-refractivity contribution in [3.05, 3.63) is 64.2 Å². The van der Waals surface area contributed by atoms with Crippen LogP contribution in [0.5, 0.6) is 0 Å². The molecule has 0 bridgehead atoms. The van der Waals surface area contributed by atoms with Crippen LogP contribution in [0.4, 0.5) is 5.69 Å². The number of carbonyl (C=O) groups is 3. The van der Waals surface area contributed by atoms with Gasteiger partial charge in [-0.2, -0.15) is 0 Å². The number of hydrogen-bond donors (Lipinski definition) is 2. The average Bonchev–Trinajstić information content (AvgIpc) is 2.68. The largest absolute Gasteiger partial charge is 0.380 e. The van der Waals surface area contributed by atoms with E-state index >= 15 is 0 Å². The highest BCUT2D eigenvalue weighted by atomic mass is 32.2. The Morgan fingerprint density at radius 1 is 1.17 bits per heavy atom. The Hall–Kier alpha value is -2.60. The van der Waals surface area contributed by atoms with Gasteiger partial charge < -0.3 is 10.6 Å². The Balaban J connectivity index is 1.59. The summed E-state index contributed by atoms with van der Waals surface area (Å²) in [5.41, 5.74) is 2.78. The van der Waals surface area contributed by atoms with Crippen molar-refractivity contribution in [2.45, 2.75) is 45.4 Å². The smallest absolute Gasteiger partial charge is 0.292 e. The highest BCUT2D eigenvalue weighted by Gasteiger charge is 2.50. The summed E-state index contributed by atoms with van der Waals surface area (Å²) < 4.78 is 0. The molecular weight excluding hydrogens is 396 g/mol. The van der Waals surface area contributed by atoms with E-state index in [2.05, 4.69) is 22.8 Å². The van der Waals surface area contributed by atoms with Gasteiger partial charge in [0.2, 0.25) is 5.78 Å². The third kappa shape index (κ3) is 3.65. The molecule has 0 fully saturated rings. The molecular formula is C24H26N2O3S. The fourth-order valence-electron chi connectivity index (χ4n) is 4.43. The number of ketones is 2. The zero-order valence-corrected chi connectivity index (χ0v) is 18.4. The van der Waals surface area contributed by atoms with E-state index in [1.54, 1.807) is 6.07 Å². The number of amides is 1. The molecule has 30 heavy (non-hydrogen) atoms. The van der Waals surface area contributed by atoms with Gasteiger partial charge in [-0.1, -0.05) is 55.8 Å². The first kappa shape index (κ1) is 20.7. The van der Waals surface area contributed by atoms with Crippen LogP contribution in [-0.2, 0) is 14.4 Å². The SMILES string of the molecule is Cc1ccc(NC(=O)C(=O)[C@H]2C(=O)C3=C(CC2(C)C)N[C@H]2C=CC=C[C@@H]2S3)c(C)c1. The second kappa shape index (κ2) is 7.58. The quantitative estimate of drug-likeness (QED) is 0.572. The van der Waals surface area contributed by atoms with Crippen molar-refractivity contribution >= 4 is 34.9 Å². The van der Waals surface area contributed by atoms with Gasteiger partial charge in [0.15, 0.2) is 5.78 Å². The van der Waals surface area contributed by atoms with Crippen molar-refractivity contribution in [2.75, 3.05) is 5.32 Å². The van der Waals surface area contributed by atoms with Crippen LogP contribution in [-0.4, -0.2) is 28.8 Å². The first-order valence-corrected chi connectivity index (χ1v) is 11.0. The van der Waals surface area contributed by atoms with E-state index in [1.807, 2.05) is 52.0 Å². The highest BCUT2D eigenvalue weighted by Crippen LogP contribution is 2.48. The van der Waals surface area contributed by atoms with Gasteiger partial charge in [-0.25, -0.2) is 0 Å². The molecule has 1 aromatic rings. The predicted molar refractivity (Wildman–Crippen MR) is 120 cm³/mol. The molecule has 5 nitrogen and oxygen atoms in total. The van der Waals surface area contributed by atoms with E-state index in [0.29, 0.717) is 17.0 Å². The predicted octanol–water partition coefficient (Wildman–Crippen LogP) is 3.84. The molecule has 2 aliphatic carbocycles. The van der Waals surface area contributed by atoms with Crippen molar-refractivity contribution in [3.8, 4) is 0 Å². The second-order valence-corrected chi connectivity index (χ2v) is 10.1. The van der Waals surface area contributed by atoms with Crippen molar-refractivity contribution in [2.24, 2.45) is 11.3 Å². The second-order valence-electron chi connectivity index (χ2n) is 8.93. The van der Waals surface area contributed by atoms with Gasteiger partial charge in [0.25, 0.3) is 5.91 Å². The Kier molecular flexibility index (Phi) is 5.22. The molecule has 0 saturated heterocycles. The lowest BCUT2D eigenvalue weighted by molar-refractivity contribution is -0.144. The molecule has 0 spiro atoms. The van der Waals surface area contributed by atoms with Crippen molar-refractivity contribution in [3.63, 3.8) is 0 Å². The van der Waals surface area contributed by atoms with E-state index in [-0.39, 0.29) is 17.1 Å². The normalized spacial score (nSPS) is 26.5. The fraction of sp³-hybridized carbons (Fsp3) is 0.375. The summed E-state index contributed by atoms with van der Waals surface area (Å²) in [6, 6.07) is 5.75. The lowest BCUT2D eigenvalue weighted by Gasteiger charge is -2.43. The van der Waals surface area contributed by atoms with Crippen LogP contribution in [0.2, 0.25) is 0 Å². The average molecular weight is 423 g/mol. The molecule has 0 aromatic heterocycles. The zero-order chi connectivity index (χ0) is 21.6. The minimum absolute atomic E-state index is 0.110. The van der Waals surface area contributed by atoms with Gasteiger partial charge in [0.1, 0.15) is 0 Å². The minimum Gasteiger partial charge on any atom is -0.380 e. The van der Waals surface area contributed by atoms with Gasteiger partial charge in [0, 0.05) is 11.4 Å². The number of hydrogen-bond acceptors (Lipinski definition) is 5. The number of rotatable bonds is 3. The van der Waals surface area contributed by atoms with Crippen LogP contribution < -0.4 is 10.6 Å². The van der Waals surface area contributed by atoms with Crippen molar-refractivity contribution < 1.29 is 14.4 Å². The maximum absolute atomic E-state index is 13.4. The Morgan fingerprint density at radius 2 is 1.90 bits per heavy atom. The van der Waals surface area contributed by atoms with Crippen LogP contribution in [0.15, 0.2) is 53.1 Å². The first-order chi connectivity index (χ1) is 14.2. The molecule has 156 valence electrons. The lowest BCUT2D eigenvalue weighted by Crippen LogP contribution is -2.51. The van der Waals surface area contributed by atoms with E-state index in [0.717, 1.165) is 16.8 Å². The number of Topliss-reactive ketones (excluding diaryl/α,β-unsaturated/α-hetero) is 2. The number of thioether (sulfide) groups is 1. The number of fused-ring (bicyclic) bond motifs is 1. The van der Waals surface area contributed by atoms with E-state index in [4.69, 9.17) is 0 Å². The molecule has 3 atom stereocenters. The maximum atomic E-state index is 13.4. The number of anilines is 1. The van der Waals surface area contributed by atoms with Crippen LogP contribution in [0.3, 0.4) is 0 Å². The molecule has 0 unspecified atom stereocenters. The molecule has 1 aromatic carbocycles. The van der Waals surface area contributed by atoms with E-state index < -0.39 is 23.0 Å². The van der Waals surface area contributed by atoms with Gasteiger partial charge in [-0.3, -0.25) is 14.4 Å². The monoisotopic (exact) mass is 422 g/mol. The third-order valence-corrected chi connectivity index (χ3v) is 7.37. The standard InChI is InChI=1S/C24H26N2O3S/c1-13-9-10-15(14(2)11-13)26-23(29)21(28)19-20(27)22-17(12-24(19,3)4)25-16-7-5-6-8-18(16)30-22/h5-11,16,18-19,25H,12H2,1-4H3,(H,26,29)/t16-,18-,19+/m0/s1. The number of carbonyl (C=O) groups excluding carboxylic acids is 3. The molecule has 1 heterocycles.